The number of aliphatic hydroxyl groups excluding tert-OH is 1. The van der Waals surface area contributed by atoms with Crippen molar-refractivity contribution in [3.63, 3.8) is 0 Å². The Balaban J connectivity index is 1.46. The summed E-state index contributed by atoms with van der Waals surface area (Å²) in [5.41, 5.74) is -1.13. The standard InChI is InChI=1S/C38H58N6O8/c1-36(2,3)30(42-35(51)52-37(4,5)6)34(50)44-20-23-26(38(23,7)8)28(44)31(47)40-24(18-21-16-17-21)29(46)32(48)39-19-25(45)41-27(33(49)43(9)10)22-14-12-11-13-15-22/h11-15,21,23-24,26-30,46H,16-20H2,1-10H3,(H,39,48)(H,40,47)(H,41,45)(H,42,51)/t23?,24?,26-,27-,28-,29+,30+/m0/s1. The number of likely N-dealkylation sites (tertiary alicyclic amines) is 1. The van der Waals surface area contributed by atoms with Gasteiger partial charge in [-0.3, -0.25) is 24.0 Å². The molecule has 3 fully saturated rings. The first-order chi connectivity index (χ1) is 24.0. The summed E-state index contributed by atoms with van der Waals surface area (Å²) in [4.78, 5) is 83.1. The van der Waals surface area contributed by atoms with Gasteiger partial charge in [0.05, 0.1) is 12.6 Å². The molecule has 7 atom stereocenters. The Morgan fingerprint density at radius 3 is 2.12 bits per heavy atom. The van der Waals surface area contributed by atoms with E-state index in [0.717, 1.165) is 12.8 Å². The average Bonchev–Trinajstić information content (AvgIpc) is 3.90. The van der Waals surface area contributed by atoms with Crippen molar-refractivity contribution in [2.75, 3.05) is 27.2 Å². The Kier molecular flexibility index (Phi) is 12.0. The predicted molar refractivity (Wildman–Crippen MR) is 193 cm³/mol. The second kappa shape index (κ2) is 15.4. The van der Waals surface area contributed by atoms with E-state index in [9.17, 15) is 33.9 Å². The summed E-state index contributed by atoms with van der Waals surface area (Å²) in [6, 6.07) is 4.89. The number of carbonyl (C=O) groups is 6. The molecule has 14 nitrogen and oxygen atoms in total. The minimum absolute atomic E-state index is 0.0575. The zero-order valence-corrected chi connectivity index (χ0v) is 32.2. The van der Waals surface area contributed by atoms with Crippen molar-refractivity contribution in [3.05, 3.63) is 35.9 Å². The summed E-state index contributed by atoms with van der Waals surface area (Å²) in [5, 5.41) is 22.0. The van der Waals surface area contributed by atoms with Gasteiger partial charge < -0.3 is 40.9 Å². The number of rotatable bonds is 13. The van der Waals surface area contributed by atoms with Crippen LogP contribution in [-0.4, -0.2) is 108 Å². The fraction of sp³-hybridized carbons (Fsp3) is 0.684. The van der Waals surface area contributed by atoms with Gasteiger partial charge in [0.15, 0.2) is 6.10 Å². The normalized spacial score (nSPS) is 22.8. The molecule has 1 aromatic carbocycles. The molecule has 288 valence electrons. The molecule has 0 aromatic heterocycles. The van der Waals surface area contributed by atoms with Gasteiger partial charge in [0.1, 0.15) is 23.7 Å². The van der Waals surface area contributed by atoms with Crippen LogP contribution in [0.25, 0.3) is 0 Å². The molecule has 0 spiro atoms. The van der Waals surface area contributed by atoms with E-state index in [-0.39, 0.29) is 29.1 Å². The van der Waals surface area contributed by atoms with Crippen LogP contribution in [0.5, 0.6) is 0 Å². The molecule has 1 saturated heterocycles. The fourth-order valence-corrected chi connectivity index (χ4v) is 7.16. The number of alkyl carbamates (subject to hydrolysis) is 1. The zero-order valence-electron chi connectivity index (χ0n) is 32.2. The number of nitrogens with zero attached hydrogens (tertiary/aromatic N) is 2. The number of ether oxygens (including phenoxy) is 1. The van der Waals surface area contributed by atoms with Gasteiger partial charge in [-0.15, -0.1) is 0 Å². The van der Waals surface area contributed by atoms with Crippen LogP contribution in [0.3, 0.4) is 0 Å². The number of benzene rings is 1. The third-order valence-corrected chi connectivity index (χ3v) is 10.3. The summed E-state index contributed by atoms with van der Waals surface area (Å²) in [6.45, 7) is 14.6. The molecule has 52 heavy (non-hydrogen) atoms. The highest BCUT2D eigenvalue weighted by atomic mass is 16.6. The zero-order chi connectivity index (χ0) is 38.9. The second-order valence-corrected chi connectivity index (χ2v) is 17.4. The smallest absolute Gasteiger partial charge is 0.408 e. The maximum absolute atomic E-state index is 14.2. The first kappa shape index (κ1) is 40.6. The van der Waals surface area contributed by atoms with Gasteiger partial charge in [0, 0.05) is 20.6 Å². The van der Waals surface area contributed by atoms with Crippen LogP contribution < -0.4 is 21.3 Å². The fourth-order valence-electron chi connectivity index (χ4n) is 7.16. The number of hydrogen-bond donors (Lipinski definition) is 5. The lowest BCUT2D eigenvalue weighted by molar-refractivity contribution is -0.145. The van der Waals surface area contributed by atoms with E-state index in [1.807, 2.05) is 34.6 Å². The minimum Gasteiger partial charge on any atom is -0.444 e. The van der Waals surface area contributed by atoms with E-state index in [1.54, 1.807) is 65.2 Å². The van der Waals surface area contributed by atoms with E-state index >= 15 is 0 Å². The molecular formula is C38H58N6O8. The first-order valence-corrected chi connectivity index (χ1v) is 18.1. The van der Waals surface area contributed by atoms with Gasteiger partial charge in [0.2, 0.25) is 23.6 Å². The van der Waals surface area contributed by atoms with Crippen molar-refractivity contribution in [1.29, 1.82) is 0 Å². The van der Waals surface area contributed by atoms with Gasteiger partial charge >= 0.3 is 6.09 Å². The highest BCUT2D eigenvalue weighted by Gasteiger charge is 2.70. The molecule has 2 saturated carbocycles. The Bertz CT molecular complexity index is 1510. The molecule has 5 N–H and O–H groups in total. The molecule has 2 unspecified atom stereocenters. The van der Waals surface area contributed by atoms with Crippen LogP contribution in [-0.2, 0) is 28.7 Å². The van der Waals surface area contributed by atoms with Gasteiger partial charge in [0.25, 0.3) is 5.91 Å². The van der Waals surface area contributed by atoms with Gasteiger partial charge in [-0.1, -0.05) is 77.8 Å². The molecule has 0 bridgehead atoms. The largest absolute Gasteiger partial charge is 0.444 e. The van der Waals surface area contributed by atoms with Crippen molar-refractivity contribution in [2.24, 2.45) is 28.6 Å². The average molecular weight is 727 g/mol. The minimum atomic E-state index is -1.68. The highest BCUT2D eigenvalue weighted by Crippen LogP contribution is 2.65. The number of fused-ring (bicyclic) bond motifs is 1. The molecule has 3 aliphatic rings. The third-order valence-electron chi connectivity index (χ3n) is 10.3. The van der Waals surface area contributed by atoms with Crippen LogP contribution in [0, 0.1) is 28.6 Å². The van der Waals surface area contributed by atoms with Crippen LogP contribution in [0.4, 0.5) is 4.79 Å². The number of piperidine rings is 1. The summed E-state index contributed by atoms with van der Waals surface area (Å²) >= 11 is 0. The summed E-state index contributed by atoms with van der Waals surface area (Å²) in [7, 11) is 3.15. The summed E-state index contributed by atoms with van der Waals surface area (Å²) in [5.74, 6) is -2.63. The lowest BCUT2D eigenvalue weighted by Gasteiger charge is -2.38. The number of hydrogen-bond acceptors (Lipinski definition) is 8. The van der Waals surface area contributed by atoms with Crippen LogP contribution in [0.1, 0.15) is 86.3 Å². The molecule has 2 aliphatic carbocycles. The Hall–Kier alpha value is -4.20. The summed E-state index contributed by atoms with van der Waals surface area (Å²) in [6.07, 6.45) is -0.310. The van der Waals surface area contributed by atoms with E-state index in [1.165, 1.54) is 9.80 Å². The Morgan fingerprint density at radius 2 is 1.58 bits per heavy atom. The topological polar surface area (TPSA) is 186 Å². The maximum Gasteiger partial charge on any atom is 0.408 e. The van der Waals surface area contributed by atoms with E-state index in [0.29, 0.717) is 18.5 Å². The SMILES string of the molecule is CN(C)C(=O)[C@@H](NC(=O)CNC(=O)[C@H](O)C(CC1CC1)NC(=O)[C@@H]1[C@@H]2C(CN1C(=O)[C@@H](NC(=O)OC(C)(C)C)C(C)(C)C)C2(C)C)c1ccccc1. The van der Waals surface area contributed by atoms with Crippen molar-refractivity contribution >= 4 is 35.6 Å². The second-order valence-electron chi connectivity index (χ2n) is 17.4. The van der Waals surface area contributed by atoms with Crippen LogP contribution >= 0.6 is 0 Å². The van der Waals surface area contributed by atoms with Crippen molar-refractivity contribution in [3.8, 4) is 0 Å². The molecule has 14 heteroatoms. The highest BCUT2D eigenvalue weighted by molar-refractivity contribution is 5.94. The van der Waals surface area contributed by atoms with Crippen molar-refractivity contribution in [2.45, 2.75) is 111 Å². The number of nitrogens with one attached hydrogen (secondary N) is 4. The Labute approximate surface area is 307 Å². The third kappa shape index (κ3) is 9.81. The lowest BCUT2D eigenvalue weighted by Crippen LogP contribution is -2.61. The molecule has 6 amide bonds. The maximum atomic E-state index is 14.2. The molecule has 1 heterocycles. The van der Waals surface area contributed by atoms with Gasteiger partial charge in [-0.05, 0) is 61.3 Å². The molecule has 1 aliphatic heterocycles. The predicted octanol–water partition coefficient (Wildman–Crippen LogP) is 2.12. The Morgan fingerprint density at radius 1 is 0.962 bits per heavy atom. The quantitative estimate of drug-likeness (QED) is 0.205. The van der Waals surface area contributed by atoms with Crippen molar-refractivity contribution in [1.82, 2.24) is 31.1 Å². The number of aliphatic hydroxyl groups is 1. The number of amides is 6. The lowest BCUT2D eigenvalue weighted by atomic mass is 9.85. The van der Waals surface area contributed by atoms with Crippen molar-refractivity contribution < 1.29 is 38.6 Å². The molecule has 1 aromatic rings. The van der Waals surface area contributed by atoms with E-state index in [2.05, 4.69) is 21.3 Å². The van der Waals surface area contributed by atoms with Gasteiger partial charge in [-0.2, -0.15) is 0 Å². The molecule has 0 radical (unpaired) electrons. The van der Waals surface area contributed by atoms with Gasteiger partial charge in [-0.25, -0.2) is 4.79 Å². The number of likely N-dealkylation sites (N-methyl/N-ethyl adjacent to an activating group) is 1. The summed E-state index contributed by atoms with van der Waals surface area (Å²) < 4.78 is 5.44. The first-order valence-electron chi connectivity index (χ1n) is 18.1. The van der Waals surface area contributed by atoms with Crippen LogP contribution in [0.15, 0.2) is 30.3 Å². The molecular weight excluding hydrogens is 668 g/mol. The molecule has 4 rings (SSSR count). The van der Waals surface area contributed by atoms with E-state index < -0.39 is 77.6 Å². The van der Waals surface area contributed by atoms with E-state index in [4.69, 9.17) is 4.74 Å². The van der Waals surface area contributed by atoms with Crippen LogP contribution in [0.2, 0.25) is 0 Å². The number of carbonyl (C=O) groups excluding carboxylic acids is 6. The monoisotopic (exact) mass is 726 g/mol.